The number of halogens is 2. The summed E-state index contributed by atoms with van der Waals surface area (Å²) in [5.74, 6) is -0.105. The second-order valence-electron chi connectivity index (χ2n) is 4.46. The van der Waals surface area contributed by atoms with Crippen LogP contribution in [0.1, 0.15) is 19.3 Å². The van der Waals surface area contributed by atoms with Crippen LogP contribution < -0.4 is 0 Å². The Labute approximate surface area is 110 Å². The molecule has 2 aliphatic rings. The van der Waals surface area contributed by atoms with E-state index in [1.54, 1.807) is 0 Å². The molecule has 0 aromatic carbocycles. The predicted molar refractivity (Wildman–Crippen MR) is 64.4 cm³/mol. The van der Waals surface area contributed by atoms with Crippen LogP contribution in [0.2, 0.25) is 0 Å². The summed E-state index contributed by atoms with van der Waals surface area (Å²) in [5, 5.41) is 8.50. The molecule has 0 bridgehead atoms. The third-order valence-corrected chi connectivity index (χ3v) is 4.68. The lowest BCUT2D eigenvalue weighted by molar-refractivity contribution is -0.121. The Morgan fingerprint density at radius 3 is 2.47 bits per heavy atom. The van der Waals surface area contributed by atoms with Crippen molar-refractivity contribution < 1.29 is 4.79 Å². The van der Waals surface area contributed by atoms with Crippen molar-refractivity contribution in [2.45, 2.75) is 30.0 Å². The Kier molecular flexibility index (Phi) is 3.43. The van der Waals surface area contributed by atoms with E-state index in [0.717, 1.165) is 0 Å². The lowest BCUT2D eigenvalue weighted by atomic mass is 9.79. The SMILES string of the molecule is [C-]#[N+]/C(C#N)=C1/CC(=O)C2CC(Cl)C(Cl)CC12. The molecule has 17 heavy (non-hydrogen) atoms. The standard InChI is InChI=1S/C12H10Cl2N2O/c1-16-11(5-15)7-4-12(17)8-3-10(14)9(13)2-6(7)8/h6,8-10H,2-4H2/b11-7-. The molecule has 0 aromatic rings. The van der Waals surface area contributed by atoms with Gasteiger partial charge in [0.05, 0.1) is 23.4 Å². The summed E-state index contributed by atoms with van der Waals surface area (Å²) in [6.07, 6.45) is 1.36. The third kappa shape index (κ3) is 2.06. The van der Waals surface area contributed by atoms with Gasteiger partial charge >= 0.3 is 0 Å². The molecule has 2 fully saturated rings. The predicted octanol–water partition coefficient (Wildman–Crippen LogP) is 2.90. The van der Waals surface area contributed by atoms with Crippen LogP contribution in [0.3, 0.4) is 0 Å². The van der Waals surface area contributed by atoms with E-state index >= 15 is 0 Å². The number of nitrogens with zero attached hydrogens (tertiary/aromatic N) is 2. The normalized spacial score (nSPS) is 39.2. The molecular formula is C12H10Cl2N2O. The van der Waals surface area contributed by atoms with E-state index in [-0.39, 0.29) is 40.5 Å². The molecule has 0 spiro atoms. The van der Waals surface area contributed by atoms with E-state index in [1.807, 2.05) is 6.07 Å². The van der Waals surface area contributed by atoms with E-state index in [9.17, 15) is 4.79 Å². The second kappa shape index (κ2) is 4.69. The molecule has 4 atom stereocenters. The van der Waals surface area contributed by atoms with Crippen LogP contribution in [0.15, 0.2) is 11.3 Å². The van der Waals surface area contributed by atoms with E-state index in [1.165, 1.54) is 0 Å². The monoisotopic (exact) mass is 268 g/mol. The molecule has 88 valence electrons. The Morgan fingerprint density at radius 2 is 1.94 bits per heavy atom. The molecule has 2 aliphatic carbocycles. The molecule has 0 aliphatic heterocycles. The molecule has 2 saturated carbocycles. The van der Waals surface area contributed by atoms with Gasteiger partial charge in [0.1, 0.15) is 5.78 Å². The van der Waals surface area contributed by atoms with Crippen molar-refractivity contribution in [3.05, 3.63) is 22.7 Å². The molecule has 0 saturated heterocycles. The van der Waals surface area contributed by atoms with Gasteiger partial charge in [-0.25, -0.2) is 10.1 Å². The van der Waals surface area contributed by atoms with Gasteiger partial charge in [0, 0.05) is 12.3 Å². The Balaban J connectivity index is 2.37. The van der Waals surface area contributed by atoms with Crippen LogP contribution in [-0.2, 0) is 4.79 Å². The largest absolute Gasteiger partial charge is 0.299 e. The van der Waals surface area contributed by atoms with Crippen molar-refractivity contribution in [1.29, 1.82) is 5.26 Å². The van der Waals surface area contributed by atoms with Gasteiger partial charge in [-0.15, -0.1) is 23.2 Å². The van der Waals surface area contributed by atoms with Crippen molar-refractivity contribution >= 4 is 29.0 Å². The number of rotatable bonds is 0. The summed E-state index contributed by atoms with van der Waals surface area (Å²) < 4.78 is 0. The van der Waals surface area contributed by atoms with Gasteiger partial charge in [-0.1, -0.05) is 0 Å². The molecule has 5 heteroatoms. The van der Waals surface area contributed by atoms with Gasteiger partial charge < -0.3 is 0 Å². The average Bonchev–Trinajstić information content (AvgIpc) is 2.60. The zero-order valence-electron chi connectivity index (χ0n) is 8.99. The van der Waals surface area contributed by atoms with Gasteiger partial charge in [0.15, 0.2) is 0 Å². The molecule has 4 unspecified atom stereocenters. The van der Waals surface area contributed by atoms with Crippen LogP contribution in [0.25, 0.3) is 4.85 Å². The molecule has 2 rings (SSSR count). The number of allylic oxidation sites excluding steroid dienone is 2. The highest BCUT2D eigenvalue weighted by molar-refractivity contribution is 6.30. The number of carbonyl (C=O) groups is 1. The average molecular weight is 269 g/mol. The minimum atomic E-state index is -0.195. The number of alkyl halides is 2. The molecule has 0 aromatic heterocycles. The van der Waals surface area contributed by atoms with Gasteiger partial charge in [-0.05, 0) is 24.3 Å². The maximum atomic E-state index is 11.9. The molecular weight excluding hydrogens is 259 g/mol. The van der Waals surface area contributed by atoms with E-state index < -0.39 is 0 Å². The number of Topliss-reactive ketones (excluding diaryl/α,β-unsaturated/α-hetero) is 1. The maximum absolute atomic E-state index is 11.9. The molecule has 0 heterocycles. The number of hydrogen-bond donors (Lipinski definition) is 0. The molecule has 3 nitrogen and oxygen atoms in total. The fourth-order valence-electron chi connectivity index (χ4n) is 2.73. The van der Waals surface area contributed by atoms with Crippen molar-refractivity contribution in [1.82, 2.24) is 0 Å². The second-order valence-corrected chi connectivity index (χ2v) is 5.58. The topological polar surface area (TPSA) is 45.2 Å². The Bertz CT molecular complexity index is 456. The fourth-order valence-corrected chi connectivity index (χ4v) is 3.32. The fraction of sp³-hybridized carbons (Fsp3) is 0.583. The zero-order chi connectivity index (χ0) is 12.6. The van der Waals surface area contributed by atoms with Crippen molar-refractivity contribution in [3.8, 4) is 6.07 Å². The van der Waals surface area contributed by atoms with Gasteiger partial charge in [-0.3, -0.25) is 4.79 Å². The third-order valence-electron chi connectivity index (χ3n) is 3.58. The van der Waals surface area contributed by atoms with Gasteiger partial charge in [0.25, 0.3) is 5.70 Å². The summed E-state index contributed by atoms with van der Waals surface area (Å²) in [4.78, 5) is 15.1. The first-order chi connectivity index (χ1) is 8.08. The highest BCUT2D eigenvalue weighted by Crippen LogP contribution is 2.47. The summed E-state index contributed by atoms with van der Waals surface area (Å²) in [6.45, 7) is 6.96. The smallest absolute Gasteiger partial charge is 0.261 e. The lowest BCUT2D eigenvalue weighted by Crippen LogP contribution is -2.33. The van der Waals surface area contributed by atoms with Crippen LogP contribution in [-0.4, -0.2) is 16.5 Å². The first-order valence-corrected chi connectivity index (χ1v) is 6.27. The zero-order valence-corrected chi connectivity index (χ0v) is 10.5. The van der Waals surface area contributed by atoms with E-state index in [4.69, 9.17) is 35.0 Å². The summed E-state index contributed by atoms with van der Waals surface area (Å²) in [6, 6.07) is 1.87. The molecule has 0 radical (unpaired) electrons. The van der Waals surface area contributed by atoms with Gasteiger partial charge in [0.2, 0.25) is 0 Å². The number of carbonyl (C=O) groups excluding carboxylic acids is 1. The number of hydrogen-bond acceptors (Lipinski definition) is 2. The number of ketones is 1. The number of fused-ring (bicyclic) bond motifs is 1. The highest BCUT2D eigenvalue weighted by atomic mass is 35.5. The Morgan fingerprint density at radius 1 is 1.35 bits per heavy atom. The summed E-state index contributed by atoms with van der Waals surface area (Å²) in [7, 11) is 0. The summed E-state index contributed by atoms with van der Waals surface area (Å²) >= 11 is 12.2. The number of nitriles is 1. The van der Waals surface area contributed by atoms with Gasteiger partial charge in [-0.2, -0.15) is 0 Å². The van der Waals surface area contributed by atoms with Crippen LogP contribution in [0.5, 0.6) is 0 Å². The van der Waals surface area contributed by atoms with Crippen LogP contribution in [0.4, 0.5) is 0 Å². The van der Waals surface area contributed by atoms with Crippen molar-refractivity contribution in [2.24, 2.45) is 11.8 Å². The Hall–Kier alpha value is -1.03. The first-order valence-electron chi connectivity index (χ1n) is 5.40. The van der Waals surface area contributed by atoms with E-state index in [0.29, 0.717) is 18.4 Å². The minimum Gasteiger partial charge on any atom is -0.299 e. The van der Waals surface area contributed by atoms with Crippen molar-refractivity contribution in [3.63, 3.8) is 0 Å². The van der Waals surface area contributed by atoms with Crippen LogP contribution in [0, 0.1) is 29.7 Å². The van der Waals surface area contributed by atoms with Crippen LogP contribution >= 0.6 is 23.2 Å². The minimum absolute atomic E-state index is 0.0521. The lowest BCUT2D eigenvalue weighted by Gasteiger charge is -2.32. The van der Waals surface area contributed by atoms with E-state index in [2.05, 4.69) is 4.85 Å². The summed E-state index contributed by atoms with van der Waals surface area (Å²) in [5.41, 5.74) is 0.731. The molecule has 0 N–H and O–H groups in total. The maximum Gasteiger partial charge on any atom is 0.261 e. The molecule has 0 amide bonds. The van der Waals surface area contributed by atoms with Crippen molar-refractivity contribution in [2.75, 3.05) is 0 Å². The highest BCUT2D eigenvalue weighted by Gasteiger charge is 2.46. The quantitative estimate of drug-likeness (QED) is 0.385. The first kappa shape index (κ1) is 12.4.